The molecule has 0 radical (unpaired) electrons. The van der Waals surface area contributed by atoms with Crippen LogP contribution in [0.5, 0.6) is 0 Å². The van der Waals surface area contributed by atoms with Gasteiger partial charge < -0.3 is 15.4 Å². The summed E-state index contributed by atoms with van der Waals surface area (Å²) in [5.74, 6) is 0.0619. The van der Waals surface area contributed by atoms with Crippen molar-refractivity contribution in [2.45, 2.75) is 13.1 Å². The second kappa shape index (κ2) is 9.84. The van der Waals surface area contributed by atoms with Crippen molar-refractivity contribution >= 4 is 34.7 Å². The smallest absolute Gasteiger partial charge is 0.330 e. The summed E-state index contributed by atoms with van der Waals surface area (Å²) in [5, 5.41) is 0.940. The Balaban J connectivity index is 2.07. The molecule has 158 valence electrons. The van der Waals surface area contributed by atoms with Gasteiger partial charge in [0.1, 0.15) is 11.5 Å². The normalized spacial score (nSPS) is 10.9. The van der Waals surface area contributed by atoms with E-state index in [1.54, 1.807) is 30.2 Å². The summed E-state index contributed by atoms with van der Waals surface area (Å²) in [4.78, 5) is 29.3. The summed E-state index contributed by atoms with van der Waals surface area (Å²) < 4.78 is 6.53. The molecular formula is C21H22Cl2N4O3. The Kier molecular flexibility index (Phi) is 7.20. The zero-order valence-corrected chi connectivity index (χ0v) is 17.9. The van der Waals surface area contributed by atoms with Gasteiger partial charge >= 0.3 is 5.69 Å². The Morgan fingerprint density at radius 2 is 1.73 bits per heavy atom. The van der Waals surface area contributed by atoms with Crippen molar-refractivity contribution in [1.29, 1.82) is 0 Å². The number of halogens is 2. The second-order valence-electron chi connectivity index (χ2n) is 6.68. The first-order valence-corrected chi connectivity index (χ1v) is 10.0. The molecule has 1 heterocycles. The molecule has 2 aromatic carbocycles. The molecule has 7 nitrogen and oxygen atoms in total. The van der Waals surface area contributed by atoms with E-state index in [2.05, 4.69) is 4.98 Å². The van der Waals surface area contributed by atoms with Crippen molar-refractivity contribution in [3.05, 3.63) is 90.5 Å². The SMILES string of the molecule is COCCN(Cc1c(Cl)cccc1Cl)c1c(N)n(Cc2ccccc2)c(=O)[nH]c1=O. The van der Waals surface area contributed by atoms with Crippen molar-refractivity contribution in [2.75, 3.05) is 30.9 Å². The number of aromatic nitrogens is 2. The quantitative estimate of drug-likeness (QED) is 0.551. The second-order valence-corrected chi connectivity index (χ2v) is 7.49. The summed E-state index contributed by atoms with van der Waals surface area (Å²) in [5.41, 5.74) is 6.86. The molecule has 0 amide bonds. The minimum absolute atomic E-state index is 0.0619. The van der Waals surface area contributed by atoms with Gasteiger partial charge in [-0.15, -0.1) is 0 Å². The van der Waals surface area contributed by atoms with Crippen LogP contribution in [0, 0.1) is 0 Å². The van der Waals surface area contributed by atoms with E-state index in [9.17, 15) is 9.59 Å². The van der Waals surface area contributed by atoms with E-state index < -0.39 is 11.2 Å². The van der Waals surface area contributed by atoms with Crippen LogP contribution >= 0.6 is 23.2 Å². The van der Waals surface area contributed by atoms with Gasteiger partial charge in [-0.3, -0.25) is 14.3 Å². The zero-order valence-electron chi connectivity index (χ0n) is 16.4. The average Bonchev–Trinajstić information content (AvgIpc) is 2.72. The topological polar surface area (TPSA) is 93.3 Å². The lowest BCUT2D eigenvalue weighted by molar-refractivity contribution is 0.205. The van der Waals surface area contributed by atoms with Crippen LogP contribution in [-0.4, -0.2) is 29.8 Å². The van der Waals surface area contributed by atoms with E-state index in [1.807, 2.05) is 30.3 Å². The van der Waals surface area contributed by atoms with Crippen LogP contribution in [0.25, 0.3) is 0 Å². The lowest BCUT2D eigenvalue weighted by atomic mass is 10.2. The van der Waals surface area contributed by atoms with Gasteiger partial charge in [0.2, 0.25) is 0 Å². The van der Waals surface area contributed by atoms with Gasteiger partial charge in [0.15, 0.2) is 0 Å². The molecular weight excluding hydrogens is 427 g/mol. The van der Waals surface area contributed by atoms with E-state index >= 15 is 0 Å². The molecule has 0 aliphatic heterocycles. The highest BCUT2D eigenvalue weighted by Crippen LogP contribution is 2.28. The highest BCUT2D eigenvalue weighted by Gasteiger charge is 2.21. The largest absolute Gasteiger partial charge is 0.383 e. The number of hydrogen-bond donors (Lipinski definition) is 2. The summed E-state index contributed by atoms with van der Waals surface area (Å²) >= 11 is 12.6. The first-order valence-electron chi connectivity index (χ1n) is 9.25. The van der Waals surface area contributed by atoms with Crippen molar-refractivity contribution < 1.29 is 4.74 Å². The third-order valence-corrected chi connectivity index (χ3v) is 5.40. The van der Waals surface area contributed by atoms with E-state index in [0.29, 0.717) is 28.8 Å². The van der Waals surface area contributed by atoms with Gasteiger partial charge in [-0.2, -0.15) is 0 Å². The summed E-state index contributed by atoms with van der Waals surface area (Å²) in [6, 6.07) is 14.6. The first-order chi connectivity index (χ1) is 14.4. The number of benzene rings is 2. The average molecular weight is 449 g/mol. The van der Waals surface area contributed by atoms with Crippen LogP contribution in [0.15, 0.2) is 58.1 Å². The third-order valence-electron chi connectivity index (χ3n) is 4.69. The fraction of sp³-hybridized carbons (Fsp3) is 0.238. The van der Waals surface area contributed by atoms with Crippen LogP contribution in [0.1, 0.15) is 11.1 Å². The minimum atomic E-state index is -0.582. The molecule has 3 aromatic rings. The highest BCUT2D eigenvalue weighted by atomic mass is 35.5. The summed E-state index contributed by atoms with van der Waals surface area (Å²) in [7, 11) is 1.56. The molecule has 0 atom stereocenters. The van der Waals surface area contributed by atoms with E-state index in [-0.39, 0.29) is 24.6 Å². The maximum Gasteiger partial charge on any atom is 0.330 e. The number of H-pyrrole nitrogens is 1. The fourth-order valence-corrected chi connectivity index (χ4v) is 3.67. The molecule has 30 heavy (non-hydrogen) atoms. The van der Waals surface area contributed by atoms with Crippen LogP contribution in [-0.2, 0) is 17.8 Å². The third kappa shape index (κ3) is 4.87. The highest BCUT2D eigenvalue weighted by molar-refractivity contribution is 6.36. The molecule has 0 aliphatic carbocycles. The van der Waals surface area contributed by atoms with Crippen LogP contribution in [0.3, 0.4) is 0 Å². The van der Waals surface area contributed by atoms with Crippen LogP contribution in [0.2, 0.25) is 10.0 Å². The number of methoxy groups -OCH3 is 1. The number of anilines is 2. The molecule has 1 aromatic heterocycles. The van der Waals surface area contributed by atoms with Crippen molar-refractivity contribution in [1.82, 2.24) is 9.55 Å². The standard InChI is InChI=1S/C21H22Cl2N4O3/c1-30-11-10-26(13-15-16(22)8-5-9-17(15)23)18-19(24)27(21(29)25-20(18)28)12-14-6-3-2-4-7-14/h2-9H,10-13,24H2,1H3,(H,25,28,29). The van der Waals surface area contributed by atoms with Gasteiger partial charge in [0, 0.05) is 35.8 Å². The Morgan fingerprint density at radius 3 is 2.37 bits per heavy atom. The monoisotopic (exact) mass is 448 g/mol. The molecule has 0 aliphatic rings. The zero-order chi connectivity index (χ0) is 21.7. The van der Waals surface area contributed by atoms with Crippen LogP contribution in [0.4, 0.5) is 11.5 Å². The first kappa shape index (κ1) is 22.0. The Hall–Kier alpha value is -2.74. The molecule has 9 heteroatoms. The van der Waals surface area contributed by atoms with Gasteiger partial charge in [0.25, 0.3) is 5.56 Å². The molecule has 0 bridgehead atoms. The molecule has 0 spiro atoms. The minimum Gasteiger partial charge on any atom is -0.383 e. The number of nitrogens with one attached hydrogen (secondary N) is 1. The fourth-order valence-electron chi connectivity index (χ4n) is 3.15. The van der Waals surface area contributed by atoms with E-state index in [4.69, 9.17) is 33.7 Å². The molecule has 3 rings (SSSR count). The van der Waals surface area contributed by atoms with E-state index in [0.717, 1.165) is 5.56 Å². The van der Waals surface area contributed by atoms with Gasteiger partial charge in [-0.1, -0.05) is 59.6 Å². The van der Waals surface area contributed by atoms with Gasteiger partial charge in [-0.25, -0.2) is 4.79 Å². The number of hydrogen-bond acceptors (Lipinski definition) is 5. The van der Waals surface area contributed by atoms with Crippen molar-refractivity contribution in [3.63, 3.8) is 0 Å². The van der Waals surface area contributed by atoms with Crippen LogP contribution < -0.4 is 21.9 Å². The predicted octanol–water partition coefficient (Wildman–Crippen LogP) is 3.13. The molecule has 0 unspecified atom stereocenters. The van der Waals surface area contributed by atoms with Gasteiger partial charge in [0.05, 0.1) is 13.2 Å². The number of rotatable bonds is 8. The number of nitrogen functional groups attached to an aromatic ring is 1. The van der Waals surface area contributed by atoms with Gasteiger partial charge in [-0.05, 0) is 17.7 Å². The maximum atomic E-state index is 12.7. The Morgan fingerprint density at radius 1 is 1.07 bits per heavy atom. The Bertz CT molecular complexity index is 1110. The number of nitrogens with zero attached hydrogens (tertiary/aromatic N) is 2. The maximum absolute atomic E-state index is 12.7. The Labute approximate surface area is 183 Å². The van der Waals surface area contributed by atoms with E-state index in [1.165, 1.54) is 4.57 Å². The predicted molar refractivity (Wildman–Crippen MR) is 121 cm³/mol. The lowest BCUT2D eigenvalue weighted by Gasteiger charge is -2.27. The van der Waals surface area contributed by atoms with Crippen molar-refractivity contribution in [3.8, 4) is 0 Å². The summed E-state index contributed by atoms with van der Waals surface area (Å²) in [6.45, 7) is 1.12. The molecule has 0 saturated carbocycles. The van der Waals surface area contributed by atoms with Crippen molar-refractivity contribution in [2.24, 2.45) is 0 Å². The summed E-state index contributed by atoms with van der Waals surface area (Å²) in [6.07, 6.45) is 0. The number of nitrogens with two attached hydrogens (primary N) is 1. The molecule has 0 fully saturated rings. The number of ether oxygens (including phenoxy) is 1. The molecule has 0 saturated heterocycles. The number of aromatic amines is 1. The lowest BCUT2D eigenvalue weighted by Crippen LogP contribution is -2.39. The molecule has 3 N–H and O–H groups in total.